The van der Waals surface area contributed by atoms with E-state index in [1.807, 2.05) is 12.1 Å². The summed E-state index contributed by atoms with van der Waals surface area (Å²) in [6.45, 7) is 2.74. The van der Waals surface area contributed by atoms with Crippen LogP contribution in [0.25, 0.3) is 0 Å². The second-order valence-corrected chi connectivity index (χ2v) is 8.91. The summed E-state index contributed by atoms with van der Waals surface area (Å²) in [5, 5.41) is 3.04. The highest BCUT2D eigenvalue weighted by molar-refractivity contribution is 6.05. The fraction of sp³-hybridized carbons (Fsp3) is 0.625. The summed E-state index contributed by atoms with van der Waals surface area (Å²) in [6, 6.07) is 8.11. The second-order valence-electron chi connectivity index (χ2n) is 8.91. The van der Waals surface area contributed by atoms with E-state index in [4.69, 9.17) is 4.74 Å². The van der Waals surface area contributed by atoms with Crippen molar-refractivity contribution in [2.75, 3.05) is 33.3 Å². The second kappa shape index (κ2) is 9.81. The lowest BCUT2D eigenvalue weighted by atomic mass is 9.81. The molecule has 1 aliphatic carbocycles. The number of carbonyl (C=O) groups excluding carboxylic acids is 3. The first-order valence-corrected chi connectivity index (χ1v) is 11.6. The fourth-order valence-electron chi connectivity index (χ4n) is 5.30. The Morgan fingerprint density at radius 2 is 1.65 bits per heavy atom. The Morgan fingerprint density at radius 1 is 1.03 bits per heavy atom. The molecule has 2 heterocycles. The minimum absolute atomic E-state index is 0.0734. The Balaban J connectivity index is 1.32. The van der Waals surface area contributed by atoms with Crippen LogP contribution in [0.1, 0.15) is 56.6 Å². The number of carbonyl (C=O) groups is 3. The predicted molar refractivity (Wildman–Crippen MR) is 116 cm³/mol. The molecule has 0 radical (unpaired) electrons. The van der Waals surface area contributed by atoms with Gasteiger partial charge in [-0.15, -0.1) is 0 Å². The number of likely N-dealkylation sites (tertiary alicyclic amines) is 2. The molecular formula is C24H33N3O4. The topological polar surface area (TPSA) is 79.0 Å². The number of hydrogen-bond acceptors (Lipinski definition) is 5. The number of fused-ring (bicyclic) bond motifs is 1. The zero-order valence-electron chi connectivity index (χ0n) is 18.3. The van der Waals surface area contributed by atoms with Crippen molar-refractivity contribution in [3.63, 3.8) is 0 Å². The monoisotopic (exact) mass is 427 g/mol. The average Bonchev–Trinajstić information content (AvgIpc) is 3.41. The van der Waals surface area contributed by atoms with Crippen LogP contribution in [0, 0.1) is 11.8 Å². The van der Waals surface area contributed by atoms with Gasteiger partial charge in [-0.1, -0.05) is 25.0 Å². The summed E-state index contributed by atoms with van der Waals surface area (Å²) in [5.74, 6) is 0.242. The van der Waals surface area contributed by atoms with Gasteiger partial charge < -0.3 is 10.1 Å². The molecule has 1 saturated carbocycles. The largest absolute Gasteiger partial charge is 0.497 e. The minimum Gasteiger partial charge on any atom is -0.497 e. The summed E-state index contributed by atoms with van der Waals surface area (Å²) >= 11 is 0. The highest BCUT2D eigenvalue weighted by atomic mass is 16.5. The zero-order valence-corrected chi connectivity index (χ0v) is 18.3. The van der Waals surface area contributed by atoms with Crippen molar-refractivity contribution < 1.29 is 19.1 Å². The van der Waals surface area contributed by atoms with E-state index in [0.717, 1.165) is 50.1 Å². The molecule has 2 saturated heterocycles. The van der Waals surface area contributed by atoms with Crippen molar-refractivity contribution in [2.24, 2.45) is 11.8 Å². The van der Waals surface area contributed by atoms with Gasteiger partial charge in [0.15, 0.2) is 0 Å². The average molecular weight is 428 g/mol. The summed E-state index contributed by atoms with van der Waals surface area (Å²) < 4.78 is 5.26. The van der Waals surface area contributed by atoms with Crippen LogP contribution in [-0.4, -0.2) is 60.8 Å². The third-order valence-corrected chi connectivity index (χ3v) is 7.07. The molecule has 7 heteroatoms. The van der Waals surface area contributed by atoms with E-state index in [1.54, 1.807) is 7.11 Å². The molecule has 1 N–H and O–H groups in total. The van der Waals surface area contributed by atoms with Crippen LogP contribution >= 0.6 is 0 Å². The lowest BCUT2D eigenvalue weighted by Gasteiger charge is -2.28. The third kappa shape index (κ3) is 4.76. The van der Waals surface area contributed by atoms with Crippen molar-refractivity contribution in [2.45, 2.75) is 51.0 Å². The molecule has 31 heavy (non-hydrogen) atoms. The van der Waals surface area contributed by atoms with Crippen LogP contribution in [0.3, 0.4) is 0 Å². The van der Waals surface area contributed by atoms with E-state index in [0.29, 0.717) is 6.54 Å². The Hall–Kier alpha value is -2.41. The zero-order chi connectivity index (χ0) is 21.8. The molecular weight excluding hydrogens is 394 g/mol. The van der Waals surface area contributed by atoms with Gasteiger partial charge in [0.25, 0.3) is 0 Å². The summed E-state index contributed by atoms with van der Waals surface area (Å²) in [7, 11) is 1.65. The van der Waals surface area contributed by atoms with Gasteiger partial charge in [0.05, 0.1) is 25.0 Å². The minimum atomic E-state index is -0.154. The van der Waals surface area contributed by atoms with Gasteiger partial charge in [0, 0.05) is 19.5 Å². The number of hydrogen-bond donors (Lipinski definition) is 1. The molecule has 0 unspecified atom stereocenters. The van der Waals surface area contributed by atoms with Crippen molar-refractivity contribution in [1.29, 1.82) is 0 Å². The maximum absolute atomic E-state index is 12.6. The molecule has 3 fully saturated rings. The summed E-state index contributed by atoms with van der Waals surface area (Å²) in [5.41, 5.74) is 1.15. The fourth-order valence-corrected chi connectivity index (χ4v) is 5.30. The number of methoxy groups -OCH3 is 1. The van der Waals surface area contributed by atoms with Gasteiger partial charge in [-0.25, -0.2) is 0 Å². The van der Waals surface area contributed by atoms with E-state index < -0.39 is 0 Å². The molecule has 0 aromatic heterocycles. The SMILES string of the molecule is COc1ccc([C@@H](CNC(=O)CCN2C(=O)[C@H]3CCCC[C@@H]3C2=O)N2CCCC2)cc1. The molecule has 1 aromatic rings. The van der Waals surface area contributed by atoms with Gasteiger partial charge in [0.1, 0.15) is 5.75 Å². The van der Waals surface area contributed by atoms with Crippen LogP contribution in [0.15, 0.2) is 24.3 Å². The van der Waals surface area contributed by atoms with Crippen LogP contribution in [-0.2, 0) is 14.4 Å². The molecule has 1 aromatic carbocycles. The first-order chi connectivity index (χ1) is 15.1. The molecule has 0 spiro atoms. The van der Waals surface area contributed by atoms with Gasteiger partial charge >= 0.3 is 0 Å². The number of rotatable bonds is 8. The van der Waals surface area contributed by atoms with Crippen LogP contribution in [0.2, 0.25) is 0 Å². The summed E-state index contributed by atoms with van der Waals surface area (Å²) in [4.78, 5) is 41.5. The van der Waals surface area contributed by atoms with E-state index in [-0.39, 0.29) is 48.6 Å². The van der Waals surface area contributed by atoms with Gasteiger partial charge in [-0.05, 0) is 56.5 Å². The van der Waals surface area contributed by atoms with E-state index >= 15 is 0 Å². The quantitative estimate of drug-likeness (QED) is 0.645. The number of nitrogens with zero attached hydrogens (tertiary/aromatic N) is 2. The highest BCUT2D eigenvalue weighted by Gasteiger charge is 2.47. The first-order valence-electron chi connectivity index (χ1n) is 11.6. The lowest BCUT2D eigenvalue weighted by molar-refractivity contribution is -0.140. The lowest BCUT2D eigenvalue weighted by Crippen LogP contribution is -2.39. The molecule has 168 valence electrons. The predicted octanol–water partition coefficient (Wildman–Crippen LogP) is 2.51. The number of imide groups is 1. The van der Waals surface area contributed by atoms with Gasteiger partial charge in [-0.2, -0.15) is 0 Å². The van der Waals surface area contributed by atoms with Crippen molar-refractivity contribution in [3.05, 3.63) is 29.8 Å². The number of amides is 3. The number of nitrogens with one attached hydrogen (secondary N) is 1. The van der Waals surface area contributed by atoms with Crippen LogP contribution < -0.4 is 10.1 Å². The Kier molecular flexibility index (Phi) is 6.90. The molecule has 2 aliphatic heterocycles. The van der Waals surface area contributed by atoms with Crippen LogP contribution in [0.4, 0.5) is 0 Å². The molecule has 7 nitrogen and oxygen atoms in total. The van der Waals surface area contributed by atoms with Crippen molar-refractivity contribution in [3.8, 4) is 5.75 Å². The molecule has 4 rings (SSSR count). The molecule has 0 bridgehead atoms. The first kappa shape index (κ1) is 21.8. The van der Waals surface area contributed by atoms with Gasteiger partial charge in [0.2, 0.25) is 17.7 Å². The third-order valence-electron chi connectivity index (χ3n) is 7.07. The van der Waals surface area contributed by atoms with E-state index in [1.165, 1.54) is 17.7 Å². The van der Waals surface area contributed by atoms with Gasteiger partial charge in [-0.3, -0.25) is 24.2 Å². The van der Waals surface area contributed by atoms with Crippen molar-refractivity contribution in [1.82, 2.24) is 15.1 Å². The maximum Gasteiger partial charge on any atom is 0.233 e. The molecule has 3 amide bonds. The Bertz CT molecular complexity index is 780. The summed E-state index contributed by atoms with van der Waals surface area (Å²) in [6.07, 6.45) is 6.13. The molecule has 3 atom stereocenters. The van der Waals surface area contributed by atoms with Crippen LogP contribution in [0.5, 0.6) is 5.75 Å². The smallest absolute Gasteiger partial charge is 0.233 e. The standard InChI is InChI=1S/C24H33N3O4/c1-31-18-10-8-17(9-11-18)21(26-13-4-5-14-26)16-25-22(28)12-15-27-23(29)19-6-2-3-7-20(19)24(27)30/h8-11,19-21H,2-7,12-16H2,1H3,(H,25,28)/t19-,20-,21+/m0/s1. The normalized spacial score (nSPS) is 24.9. The van der Waals surface area contributed by atoms with E-state index in [2.05, 4.69) is 22.3 Å². The van der Waals surface area contributed by atoms with E-state index in [9.17, 15) is 14.4 Å². The maximum atomic E-state index is 12.6. The molecule has 3 aliphatic rings. The Morgan fingerprint density at radius 3 is 2.23 bits per heavy atom. The van der Waals surface area contributed by atoms with Crippen molar-refractivity contribution >= 4 is 17.7 Å². The highest BCUT2D eigenvalue weighted by Crippen LogP contribution is 2.38. The number of benzene rings is 1. The number of ether oxygens (including phenoxy) is 1. The Labute approximate surface area is 184 Å².